The molecule has 2 N–H and O–H groups in total. The summed E-state index contributed by atoms with van der Waals surface area (Å²) in [5.74, 6) is 1.52. The van der Waals surface area contributed by atoms with Crippen molar-refractivity contribution in [2.24, 2.45) is 0 Å². The highest BCUT2D eigenvalue weighted by atomic mass is 16.6. The van der Waals surface area contributed by atoms with Crippen LogP contribution in [0.15, 0.2) is 48.5 Å². The fourth-order valence-corrected chi connectivity index (χ4v) is 8.37. The Kier molecular flexibility index (Phi) is 9.51. The first-order valence-corrected chi connectivity index (χ1v) is 18.7. The van der Waals surface area contributed by atoms with Crippen molar-refractivity contribution >= 4 is 12.2 Å². The number of carbonyl (C=O) groups is 2. The molecule has 0 bridgehead atoms. The smallest absolute Gasteiger partial charge is 0.410 e. The fourth-order valence-electron chi connectivity index (χ4n) is 8.37. The normalized spacial score (nSPS) is 31.8. The lowest BCUT2D eigenvalue weighted by Crippen LogP contribution is -2.52. The molecule has 2 aliphatic heterocycles. The van der Waals surface area contributed by atoms with Crippen LogP contribution in [0, 0.1) is 0 Å². The van der Waals surface area contributed by atoms with E-state index < -0.39 is 0 Å². The van der Waals surface area contributed by atoms with Crippen LogP contribution in [0.5, 0.6) is 0 Å². The lowest BCUT2D eigenvalue weighted by atomic mass is 9.80. The van der Waals surface area contributed by atoms with E-state index in [0.717, 1.165) is 89.1 Å². The monoisotopic (exact) mass is 658 g/mol. The molecular weight excluding hydrogens is 604 g/mol. The molecule has 8 rings (SSSR count). The highest BCUT2D eigenvalue weighted by molar-refractivity contribution is 5.70. The number of hydrogen-bond acceptors (Lipinski definition) is 6. The van der Waals surface area contributed by atoms with Gasteiger partial charge in [0.25, 0.3) is 0 Å². The molecule has 2 atom stereocenters. The molecule has 6 aliphatic rings. The van der Waals surface area contributed by atoms with Crippen molar-refractivity contribution in [2.75, 3.05) is 13.1 Å². The van der Waals surface area contributed by atoms with Crippen molar-refractivity contribution in [2.45, 2.75) is 151 Å². The number of aliphatic hydroxyl groups is 2. The van der Waals surface area contributed by atoms with Gasteiger partial charge in [0.1, 0.15) is 11.2 Å². The minimum Gasteiger partial charge on any atom is -0.443 e. The average Bonchev–Trinajstić information content (AvgIpc) is 4.02. The summed E-state index contributed by atoms with van der Waals surface area (Å²) in [6.07, 6.45) is 12.3. The van der Waals surface area contributed by atoms with Crippen molar-refractivity contribution in [3.8, 4) is 0 Å². The Morgan fingerprint density at radius 3 is 1.19 bits per heavy atom. The van der Waals surface area contributed by atoms with Crippen LogP contribution in [-0.4, -0.2) is 68.7 Å². The molecule has 0 unspecified atom stereocenters. The summed E-state index contributed by atoms with van der Waals surface area (Å²) in [5.41, 5.74) is 4.53. The fraction of sp³-hybridized carbons (Fsp3) is 0.650. The second kappa shape index (κ2) is 13.7. The number of ether oxygens (including phenoxy) is 2. The second-order valence-electron chi connectivity index (χ2n) is 15.7. The van der Waals surface area contributed by atoms with E-state index in [2.05, 4.69) is 62.4 Å². The third-order valence-corrected chi connectivity index (χ3v) is 12.3. The van der Waals surface area contributed by atoms with Crippen LogP contribution in [0.25, 0.3) is 0 Å². The van der Waals surface area contributed by atoms with Gasteiger partial charge in [-0.3, -0.25) is 0 Å². The number of hydrogen-bond donors (Lipinski definition) is 2. The SMILES string of the molecule is C[C@@H](c1ccc(C2CC2)cc1)N1CCC2(CCC(O)CC2)OC1=O.C[C@@H](c1ccc(C2CC2)cc1)N1CCC2(CCC(O)CC2)OC1=O. The first-order chi connectivity index (χ1) is 23.1. The summed E-state index contributed by atoms with van der Waals surface area (Å²) in [4.78, 5) is 28.9. The van der Waals surface area contributed by atoms with Gasteiger partial charge in [0.05, 0.1) is 24.3 Å². The van der Waals surface area contributed by atoms with Crippen molar-refractivity contribution < 1.29 is 29.3 Å². The summed E-state index contributed by atoms with van der Waals surface area (Å²) < 4.78 is 11.7. The van der Waals surface area contributed by atoms with Crippen LogP contribution in [0.4, 0.5) is 9.59 Å². The Labute approximate surface area is 285 Å². The van der Waals surface area contributed by atoms with E-state index in [9.17, 15) is 19.8 Å². The number of amides is 2. The number of nitrogens with zero attached hydrogens (tertiary/aromatic N) is 2. The molecule has 48 heavy (non-hydrogen) atoms. The molecule has 2 amide bonds. The maximum Gasteiger partial charge on any atom is 0.410 e. The molecule has 8 heteroatoms. The van der Waals surface area contributed by atoms with Gasteiger partial charge in [0.2, 0.25) is 0 Å². The van der Waals surface area contributed by atoms with Gasteiger partial charge >= 0.3 is 12.2 Å². The Morgan fingerprint density at radius 2 is 0.896 bits per heavy atom. The molecule has 6 fully saturated rings. The van der Waals surface area contributed by atoms with E-state index in [0.29, 0.717) is 0 Å². The maximum absolute atomic E-state index is 12.6. The van der Waals surface area contributed by atoms with Crippen LogP contribution in [-0.2, 0) is 9.47 Å². The number of aliphatic hydroxyl groups excluding tert-OH is 2. The van der Waals surface area contributed by atoms with E-state index in [-0.39, 0.29) is 47.7 Å². The van der Waals surface area contributed by atoms with Crippen LogP contribution in [0.3, 0.4) is 0 Å². The third-order valence-electron chi connectivity index (χ3n) is 12.3. The van der Waals surface area contributed by atoms with Gasteiger partial charge in [-0.1, -0.05) is 48.5 Å². The molecule has 2 aromatic rings. The zero-order valence-corrected chi connectivity index (χ0v) is 28.8. The molecule has 2 saturated heterocycles. The summed E-state index contributed by atoms with van der Waals surface area (Å²) in [6.45, 7) is 5.63. The highest BCUT2D eigenvalue weighted by Crippen LogP contribution is 2.43. The zero-order valence-electron chi connectivity index (χ0n) is 28.8. The van der Waals surface area contributed by atoms with E-state index >= 15 is 0 Å². The van der Waals surface area contributed by atoms with Gasteiger partial charge in [-0.25, -0.2) is 9.59 Å². The van der Waals surface area contributed by atoms with E-state index in [1.165, 1.54) is 47.9 Å². The Balaban J connectivity index is 0.000000152. The van der Waals surface area contributed by atoms with Crippen LogP contribution < -0.4 is 0 Å². The molecular formula is C40H54N2O6. The second-order valence-corrected chi connectivity index (χ2v) is 15.7. The van der Waals surface area contributed by atoms with Gasteiger partial charge in [0, 0.05) is 25.9 Å². The molecule has 2 spiro atoms. The van der Waals surface area contributed by atoms with Gasteiger partial charge in [-0.15, -0.1) is 0 Å². The topological polar surface area (TPSA) is 99.5 Å². The number of benzene rings is 2. The summed E-state index contributed by atoms with van der Waals surface area (Å²) in [7, 11) is 0. The molecule has 8 nitrogen and oxygen atoms in total. The van der Waals surface area contributed by atoms with Crippen LogP contribution in [0.2, 0.25) is 0 Å². The largest absolute Gasteiger partial charge is 0.443 e. The lowest BCUT2D eigenvalue weighted by molar-refractivity contribution is -0.0911. The van der Waals surface area contributed by atoms with Crippen molar-refractivity contribution in [1.29, 1.82) is 0 Å². The molecule has 2 aromatic carbocycles. The predicted octanol–water partition coefficient (Wildman–Crippen LogP) is 8.28. The lowest BCUT2D eigenvalue weighted by Gasteiger charge is -2.45. The van der Waals surface area contributed by atoms with Crippen molar-refractivity contribution in [3.63, 3.8) is 0 Å². The van der Waals surface area contributed by atoms with E-state index in [1.807, 2.05) is 9.80 Å². The highest BCUT2D eigenvalue weighted by Gasteiger charge is 2.45. The van der Waals surface area contributed by atoms with E-state index in [1.54, 1.807) is 0 Å². The third kappa shape index (κ3) is 7.40. The molecule has 260 valence electrons. The van der Waals surface area contributed by atoms with Crippen LogP contribution in [0.1, 0.15) is 150 Å². The van der Waals surface area contributed by atoms with Gasteiger partial charge in [0.15, 0.2) is 0 Å². The standard InChI is InChI=1S/2C20H27NO3/c2*1-14(15-2-4-16(5-3-15)17-6-7-17)21-13-12-20(24-19(21)23)10-8-18(22)9-11-20/h2*2-5,14,17-18,22H,6-13H2,1H3/t2*14-,18?,20?/m00/s1. The maximum atomic E-state index is 12.6. The molecule has 4 aliphatic carbocycles. The number of rotatable bonds is 6. The zero-order chi connectivity index (χ0) is 33.5. The van der Waals surface area contributed by atoms with E-state index in [4.69, 9.17) is 9.47 Å². The molecule has 0 radical (unpaired) electrons. The average molecular weight is 659 g/mol. The van der Waals surface area contributed by atoms with Crippen LogP contribution >= 0.6 is 0 Å². The summed E-state index contributed by atoms with van der Waals surface area (Å²) >= 11 is 0. The minimum atomic E-state index is -0.331. The summed E-state index contributed by atoms with van der Waals surface area (Å²) in [5, 5.41) is 19.4. The Hall–Kier alpha value is -3.10. The Morgan fingerprint density at radius 1 is 0.562 bits per heavy atom. The first kappa shape index (κ1) is 33.4. The van der Waals surface area contributed by atoms with Crippen molar-refractivity contribution in [3.05, 3.63) is 70.8 Å². The Bertz CT molecular complexity index is 1310. The van der Waals surface area contributed by atoms with Gasteiger partial charge in [-0.05, 0) is 125 Å². The molecule has 2 heterocycles. The summed E-state index contributed by atoms with van der Waals surface area (Å²) in [6, 6.07) is 17.6. The quantitative estimate of drug-likeness (QED) is 0.324. The minimum absolute atomic E-state index is 0.0392. The van der Waals surface area contributed by atoms with Gasteiger partial charge in [-0.2, -0.15) is 0 Å². The van der Waals surface area contributed by atoms with Crippen molar-refractivity contribution in [1.82, 2.24) is 9.80 Å². The first-order valence-electron chi connectivity index (χ1n) is 18.7. The molecule has 4 saturated carbocycles. The predicted molar refractivity (Wildman–Crippen MR) is 184 cm³/mol. The number of carbonyl (C=O) groups excluding carboxylic acids is 2. The molecule has 0 aromatic heterocycles. The van der Waals surface area contributed by atoms with Gasteiger partial charge < -0.3 is 29.5 Å².